The highest BCUT2D eigenvalue weighted by atomic mass is 32.1. The number of alkyl halides is 3. The predicted molar refractivity (Wildman–Crippen MR) is 124 cm³/mol. The summed E-state index contributed by atoms with van der Waals surface area (Å²) in [5.74, 6) is 0.361. The van der Waals surface area contributed by atoms with E-state index in [0.717, 1.165) is 49.6 Å². The maximum Gasteiger partial charge on any atom is 0.393 e. The number of ether oxygens (including phenoxy) is 1. The molecule has 2 fully saturated rings. The molecule has 4 aromatic rings. The van der Waals surface area contributed by atoms with Gasteiger partial charge in [0.15, 0.2) is 5.65 Å². The number of nitrogens with zero attached hydrogens (tertiary/aromatic N) is 6. The zero-order valence-corrected chi connectivity index (χ0v) is 19.9. The highest BCUT2D eigenvalue weighted by Gasteiger charge is 2.34. The van der Waals surface area contributed by atoms with E-state index in [9.17, 15) is 13.2 Å². The van der Waals surface area contributed by atoms with Gasteiger partial charge >= 0.3 is 6.18 Å². The minimum Gasteiger partial charge on any atom is -0.378 e. The lowest BCUT2D eigenvalue weighted by molar-refractivity contribution is -0.127. The van der Waals surface area contributed by atoms with Crippen LogP contribution in [0.3, 0.4) is 0 Å². The van der Waals surface area contributed by atoms with E-state index in [1.165, 1.54) is 17.7 Å². The first kappa shape index (κ1) is 22.6. The summed E-state index contributed by atoms with van der Waals surface area (Å²) in [5, 5.41) is 11.8. The number of fused-ring (bicyclic) bond motifs is 1. The number of aromatic nitrogens is 6. The number of halogens is 3. The molecule has 184 valence electrons. The fraction of sp³-hybridized carbons (Fsp3) is 0.478. The van der Waals surface area contributed by atoms with E-state index in [2.05, 4.69) is 30.2 Å². The molecule has 1 N–H and O–H groups in total. The van der Waals surface area contributed by atoms with Gasteiger partial charge in [-0.2, -0.15) is 23.4 Å². The lowest BCUT2D eigenvalue weighted by Gasteiger charge is -2.41. The van der Waals surface area contributed by atoms with E-state index in [-0.39, 0.29) is 11.3 Å². The van der Waals surface area contributed by atoms with Gasteiger partial charge in [0.2, 0.25) is 0 Å². The zero-order chi connectivity index (χ0) is 24.2. The molecule has 0 saturated carbocycles. The molecule has 0 radical (unpaired) electrons. The molecule has 0 spiro atoms. The van der Waals surface area contributed by atoms with Crippen LogP contribution in [0, 0.1) is 6.92 Å². The van der Waals surface area contributed by atoms with Crippen LogP contribution in [-0.2, 0) is 11.2 Å². The van der Waals surface area contributed by atoms with Crippen molar-refractivity contribution >= 4 is 17.0 Å². The molecule has 0 aromatic carbocycles. The smallest absolute Gasteiger partial charge is 0.378 e. The maximum atomic E-state index is 13.6. The second-order valence-corrected chi connectivity index (χ2v) is 10.3. The van der Waals surface area contributed by atoms with E-state index in [0.29, 0.717) is 33.9 Å². The Kier molecular flexibility index (Phi) is 5.61. The number of rotatable bonds is 5. The van der Waals surface area contributed by atoms with Gasteiger partial charge < -0.3 is 4.74 Å². The van der Waals surface area contributed by atoms with Crippen LogP contribution in [0.5, 0.6) is 0 Å². The second kappa shape index (κ2) is 8.68. The number of aryl methyl sites for hydroxylation is 1. The minimum atomic E-state index is -4.39. The molecule has 2 aliphatic rings. The van der Waals surface area contributed by atoms with E-state index >= 15 is 0 Å². The van der Waals surface area contributed by atoms with Gasteiger partial charge in [-0.3, -0.25) is 10.00 Å². The van der Waals surface area contributed by atoms with Crippen molar-refractivity contribution in [1.82, 2.24) is 34.7 Å². The number of hydrogen-bond donors (Lipinski definition) is 1. The molecule has 12 heteroatoms. The summed E-state index contributed by atoms with van der Waals surface area (Å²) in [4.78, 5) is 12.3. The van der Waals surface area contributed by atoms with Crippen LogP contribution in [0.2, 0.25) is 0 Å². The normalized spacial score (nSPS) is 18.4. The molecular formula is C23H24F3N7OS. The molecule has 6 rings (SSSR count). The van der Waals surface area contributed by atoms with Gasteiger partial charge in [-0.05, 0) is 50.4 Å². The van der Waals surface area contributed by atoms with Crippen molar-refractivity contribution in [2.75, 3.05) is 26.3 Å². The number of aromatic amines is 1. The molecule has 0 unspecified atom stereocenters. The number of piperidine rings is 1. The predicted octanol–water partition coefficient (Wildman–Crippen LogP) is 4.23. The first-order chi connectivity index (χ1) is 16.9. The van der Waals surface area contributed by atoms with Crippen LogP contribution in [0.4, 0.5) is 13.2 Å². The van der Waals surface area contributed by atoms with Gasteiger partial charge in [0.25, 0.3) is 0 Å². The van der Waals surface area contributed by atoms with Crippen molar-refractivity contribution < 1.29 is 17.9 Å². The molecular weight excluding hydrogens is 479 g/mol. The Morgan fingerprint density at radius 2 is 2.00 bits per heavy atom. The van der Waals surface area contributed by atoms with E-state index in [1.54, 1.807) is 16.8 Å². The molecule has 2 aliphatic heterocycles. The van der Waals surface area contributed by atoms with Gasteiger partial charge in [0, 0.05) is 28.4 Å². The standard InChI is InChI=1S/C23H24F3N7OS/c1-13-6-15(9-33-21(13)28-12-29-33)19-17(7-23(24,25)26)20(31-30-19)22-27-8-18(35-22)14-2-4-32(5-3-14)16-10-34-11-16/h6,8-9,12,14,16H,2-5,7,10-11H2,1H3,(H,30,31). The van der Waals surface area contributed by atoms with E-state index in [4.69, 9.17) is 4.74 Å². The van der Waals surface area contributed by atoms with Crippen LogP contribution in [0.25, 0.3) is 27.6 Å². The summed E-state index contributed by atoms with van der Waals surface area (Å²) < 4.78 is 47.7. The van der Waals surface area contributed by atoms with Gasteiger partial charge in [-0.25, -0.2) is 14.5 Å². The number of pyridine rings is 1. The number of hydrogen-bond acceptors (Lipinski definition) is 7. The van der Waals surface area contributed by atoms with Crippen molar-refractivity contribution in [3.8, 4) is 22.0 Å². The quantitative estimate of drug-likeness (QED) is 0.439. The lowest BCUT2D eigenvalue weighted by Crippen LogP contribution is -2.51. The van der Waals surface area contributed by atoms with Crippen LogP contribution < -0.4 is 0 Å². The summed E-state index contributed by atoms with van der Waals surface area (Å²) in [6, 6.07) is 2.33. The molecule has 0 amide bonds. The molecule has 6 heterocycles. The maximum absolute atomic E-state index is 13.6. The molecule has 0 aliphatic carbocycles. The number of H-pyrrole nitrogens is 1. The monoisotopic (exact) mass is 503 g/mol. The third-order valence-electron chi connectivity index (χ3n) is 6.89. The Morgan fingerprint density at radius 1 is 1.20 bits per heavy atom. The number of nitrogens with one attached hydrogen (secondary N) is 1. The molecule has 8 nitrogen and oxygen atoms in total. The third kappa shape index (κ3) is 4.34. The average Bonchev–Trinajstić information content (AvgIpc) is 3.51. The van der Waals surface area contributed by atoms with E-state index in [1.807, 2.05) is 13.1 Å². The SMILES string of the molecule is Cc1cc(-c2[nH]nc(-c3ncc(C4CCN(C5COC5)CC4)s3)c2CC(F)(F)F)cn2ncnc12. The minimum absolute atomic E-state index is 0.0945. The summed E-state index contributed by atoms with van der Waals surface area (Å²) in [6.07, 6.45) is 1.43. The van der Waals surface area contributed by atoms with Crippen LogP contribution in [-0.4, -0.2) is 73.2 Å². The Morgan fingerprint density at radius 3 is 2.71 bits per heavy atom. The van der Waals surface area contributed by atoms with Crippen LogP contribution >= 0.6 is 11.3 Å². The van der Waals surface area contributed by atoms with Crippen LogP contribution in [0.1, 0.15) is 34.8 Å². The summed E-state index contributed by atoms with van der Waals surface area (Å²) >= 11 is 1.45. The summed E-state index contributed by atoms with van der Waals surface area (Å²) in [6.45, 7) is 5.47. The summed E-state index contributed by atoms with van der Waals surface area (Å²) in [5.41, 5.74) is 2.72. The first-order valence-electron chi connectivity index (χ1n) is 11.6. The first-order valence-corrected chi connectivity index (χ1v) is 12.4. The third-order valence-corrected chi connectivity index (χ3v) is 8.05. The van der Waals surface area contributed by atoms with Crippen molar-refractivity contribution in [1.29, 1.82) is 0 Å². The van der Waals surface area contributed by atoms with Gasteiger partial charge in [0.05, 0.1) is 31.4 Å². The summed E-state index contributed by atoms with van der Waals surface area (Å²) in [7, 11) is 0. The topological polar surface area (TPSA) is 84.2 Å². The zero-order valence-electron chi connectivity index (χ0n) is 19.0. The van der Waals surface area contributed by atoms with Crippen molar-refractivity contribution in [2.45, 2.75) is 44.3 Å². The van der Waals surface area contributed by atoms with Crippen LogP contribution in [0.15, 0.2) is 24.8 Å². The van der Waals surface area contributed by atoms with Crippen molar-refractivity contribution in [2.24, 2.45) is 0 Å². The highest BCUT2D eigenvalue weighted by Crippen LogP contribution is 2.40. The van der Waals surface area contributed by atoms with E-state index < -0.39 is 12.6 Å². The Balaban J connectivity index is 1.31. The highest BCUT2D eigenvalue weighted by molar-refractivity contribution is 7.15. The second-order valence-electron chi connectivity index (χ2n) is 9.23. The Labute approximate surface area is 203 Å². The molecule has 35 heavy (non-hydrogen) atoms. The number of thiazole rings is 1. The van der Waals surface area contributed by atoms with Crippen molar-refractivity contribution in [3.63, 3.8) is 0 Å². The van der Waals surface area contributed by atoms with Crippen molar-refractivity contribution in [3.05, 3.63) is 40.8 Å². The fourth-order valence-electron chi connectivity index (χ4n) is 4.95. The molecule has 0 bridgehead atoms. The lowest BCUT2D eigenvalue weighted by atomic mass is 9.94. The molecule has 4 aromatic heterocycles. The van der Waals surface area contributed by atoms with Gasteiger partial charge in [-0.15, -0.1) is 11.3 Å². The van der Waals surface area contributed by atoms with Gasteiger partial charge in [-0.1, -0.05) is 0 Å². The average molecular weight is 504 g/mol. The Bertz CT molecular complexity index is 1350. The Hall–Kier alpha value is -2.83. The van der Waals surface area contributed by atoms with Gasteiger partial charge in [0.1, 0.15) is 17.0 Å². The number of likely N-dealkylation sites (tertiary alicyclic amines) is 1. The largest absolute Gasteiger partial charge is 0.393 e. The fourth-order valence-corrected chi connectivity index (χ4v) is 6.05. The molecule has 0 atom stereocenters. The molecule has 2 saturated heterocycles.